The van der Waals surface area contributed by atoms with Crippen molar-refractivity contribution in [3.8, 4) is 17.6 Å². The number of nitrogens with zero attached hydrogens (tertiary/aromatic N) is 2. The van der Waals surface area contributed by atoms with Gasteiger partial charge in [-0.1, -0.05) is 30.3 Å². The molecular formula is C23H15Br2N3O5. The maximum Gasteiger partial charge on any atom is 0.273 e. The van der Waals surface area contributed by atoms with E-state index >= 15 is 0 Å². The molecule has 0 radical (unpaired) electrons. The summed E-state index contributed by atoms with van der Waals surface area (Å²) in [6.07, 6.45) is 1.37. The van der Waals surface area contributed by atoms with Crippen LogP contribution in [-0.4, -0.2) is 15.9 Å². The van der Waals surface area contributed by atoms with E-state index in [1.54, 1.807) is 12.1 Å². The van der Waals surface area contributed by atoms with E-state index in [2.05, 4.69) is 37.2 Å². The fourth-order valence-corrected chi connectivity index (χ4v) is 4.23. The third kappa shape index (κ3) is 6.19. The maximum absolute atomic E-state index is 12.5. The summed E-state index contributed by atoms with van der Waals surface area (Å²) in [4.78, 5) is 22.6. The minimum Gasteiger partial charge on any atom is -0.506 e. The molecule has 3 aromatic carbocycles. The van der Waals surface area contributed by atoms with Crippen LogP contribution < -0.4 is 10.1 Å². The number of anilines is 1. The van der Waals surface area contributed by atoms with Crippen molar-refractivity contribution in [1.29, 1.82) is 5.26 Å². The Balaban J connectivity index is 1.78. The molecule has 2 N–H and O–H groups in total. The van der Waals surface area contributed by atoms with Gasteiger partial charge in [0.2, 0.25) is 0 Å². The maximum atomic E-state index is 12.5. The van der Waals surface area contributed by atoms with Crippen LogP contribution >= 0.6 is 31.9 Å². The fraction of sp³-hybridized carbons (Fsp3) is 0.0435. The van der Waals surface area contributed by atoms with Gasteiger partial charge in [0, 0.05) is 6.07 Å². The monoisotopic (exact) mass is 571 g/mol. The molecule has 0 spiro atoms. The van der Waals surface area contributed by atoms with Gasteiger partial charge in [-0.15, -0.1) is 0 Å². The van der Waals surface area contributed by atoms with Gasteiger partial charge in [0.1, 0.15) is 29.7 Å². The molecule has 33 heavy (non-hydrogen) atoms. The smallest absolute Gasteiger partial charge is 0.273 e. The van der Waals surface area contributed by atoms with Gasteiger partial charge >= 0.3 is 0 Å². The lowest BCUT2D eigenvalue weighted by atomic mass is 10.1. The van der Waals surface area contributed by atoms with Crippen molar-refractivity contribution in [3.05, 3.63) is 96.4 Å². The molecule has 0 saturated carbocycles. The number of phenols is 1. The van der Waals surface area contributed by atoms with Crippen molar-refractivity contribution >= 4 is 55.2 Å². The van der Waals surface area contributed by atoms with Crippen molar-refractivity contribution in [1.82, 2.24) is 0 Å². The molecule has 0 atom stereocenters. The lowest BCUT2D eigenvalue weighted by molar-refractivity contribution is -0.384. The van der Waals surface area contributed by atoms with Gasteiger partial charge < -0.3 is 15.2 Å². The summed E-state index contributed by atoms with van der Waals surface area (Å²) in [5.41, 5.74) is 0.924. The van der Waals surface area contributed by atoms with E-state index in [0.29, 0.717) is 26.9 Å². The molecule has 0 unspecified atom stereocenters. The van der Waals surface area contributed by atoms with E-state index in [9.17, 15) is 25.3 Å². The van der Waals surface area contributed by atoms with Crippen molar-refractivity contribution in [2.45, 2.75) is 6.61 Å². The number of carbonyl (C=O) groups excluding carboxylic acids is 1. The number of nitrogens with one attached hydrogen (secondary N) is 1. The zero-order valence-corrected chi connectivity index (χ0v) is 20.0. The van der Waals surface area contributed by atoms with Crippen LogP contribution in [0.15, 0.2) is 75.2 Å². The number of aromatic hydroxyl groups is 1. The topological polar surface area (TPSA) is 125 Å². The van der Waals surface area contributed by atoms with Crippen molar-refractivity contribution < 1.29 is 19.6 Å². The molecule has 0 aliphatic heterocycles. The van der Waals surface area contributed by atoms with E-state index in [1.807, 2.05) is 36.4 Å². The lowest BCUT2D eigenvalue weighted by Crippen LogP contribution is -2.13. The summed E-state index contributed by atoms with van der Waals surface area (Å²) in [6, 6.07) is 18.1. The molecule has 0 heterocycles. The molecule has 3 rings (SSSR count). The standard InChI is InChI=1S/C23H15Br2N3O5/c24-18-9-15(10-19(25)22(18)33-13-14-4-2-1-3-5-14)8-16(12-26)23(30)27-20-7-6-17(28(31)32)11-21(20)29/h1-11,29H,13H2,(H,27,30)/b16-8+. The second-order valence-electron chi connectivity index (χ2n) is 6.67. The highest BCUT2D eigenvalue weighted by molar-refractivity contribution is 9.11. The predicted molar refractivity (Wildman–Crippen MR) is 130 cm³/mol. The Morgan fingerprint density at radius 2 is 1.82 bits per heavy atom. The lowest BCUT2D eigenvalue weighted by Gasteiger charge is -2.12. The normalized spacial score (nSPS) is 10.9. The summed E-state index contributed by atoms with van der Waals surface area (Å²) in [5, 5.41) is 32.5. The van der Waals surface area contributed by atoms with Crippen LogP contribution in [0.25, 0.3) is 6.08 Å². The minimum atomic E-state index is -0.779. The second kappa shape index (κ2) is 10.8. The molecule has 10 heteroatoms. The Morgan fingerprint density at radius 3 is 2.39 bits per heavy atom. The summed E-state index contributed by atoms with van der Waals surface area (Å²) in [5.74, 6) is -0.701. The summed E-state index contributed by atoms with van der Waals surface area (Å²) in [6.45, 7) is 0.359. The molecule has 0 aromatic heterocycles. The number of amides is 1. The molecule has 0 aliphatic rings. The number of rotatable bonds is 7. The second-order valence-corrected chi connectivity index (χ2v) is 8.38. The number of nitro benzene ring substituents is 1. The summed E-state index contributed by atoms with van der Waals surface area (Å²) in [7, 11) is 0. The number of ether oxygens (including phenoxy) is 1. The van der Waals surface area contributed by atoms with E-state index in [4.69, 9.17) is 4.74 Å². The number of hydrogen-bond donors (Lipinski definition) is 2. The average Bonchev–Trinajstić information content (AvgIpc) is 2.78. The first-order valence-corrected chi connectivity index (χ1v) is 10.9. The molecule has 1 amide bonds. The molecule has 166 valence electrons. The highest BCUT2D eigenvalue weighted by atomic mass is 79.9. The Kier molecular flexibility index (Phi) is 7.82. The van der Waals surface area contributed by atoms with Crippen LogP contribution in [0.5, 0.6) is 11.5 Å². The number of carbonyl (C=O) groups is 1. The van der Waals surface area contributed by atoms with E-state index < -0.39 is 16.6 Å². The molecule has 0 aliphatic carbocycles. The molecule has 0 saturated heterocycles. The molecule has 0 bridgehead atoms. The highest BCUT2D eigenvalue weighted by Crippen LogP contribution is 2.36. The minimum absolute atomic E-state index is 0.0567. The van der Waals surface area contributed by atoms with Gasteiger partial charge in [-0.05, 0) is 67.3 Å². The van der Waals surface area contributed by atoms with Crippen LogP contribution in [-0.2, 0) is 11.4 Å². The van der Waals surface area contributed by atoms with Crippen LogP contribution in [0.2, 0.25) is 0 Å². The third-order valence-electron chi connectivity index (χ3n) is 4.36. The number of non-ortho nitro benzene ring substituents is 1. The number of nitriles is 1. The molecule has 0 fully saturated rings. The van der Waals surface area contributed by atoms with E-state index in [1.165, 1.54) is 12.1 Å². The van der Waals surface area contributed by atoms with Gasteiger partial charge in [0.25, 0.3) is 11.6 Å². The third-order valence-corrected chi connectivity index (χ3v) is 5.54. The Hall–Kier alpha value is -3.68. The summed E-state index contributed by atoms with van der Waals surface area (Å²) >= 11 is 6.89. The number of benzene rings is 3. The predicted octanol–water partition coefficient (Wildman–Crippen LogP) is 5.95. The zero-order valence-electron chi connectivity index (χ0n) is 16.8. The van der Waals surface area contributed by atoms with Crippen LogP contribution in [0, 0.1) is 21.4 Å². The molecule has 3 aromatic rings. The van der Waals surface area contributed by atoms with Crippen molar-refractivity contribution in [2.24, 2.45) is 0 Å². The SMILES string of the molecule is N#C/C(=C\c1cc(Br)c(OCc2ccccc2)c(Br)c1)C(=O)Nc1ccc([N+](=O)[O-])cc1O. The largest absolute Gasteiger partial charge is 0.506 e. The van der Waals surface area contributed by atoms with Gasteiger partial charge in [-0.2, -0.15) is 5.26 Å². The fourth-order valence-electron chi connectivity index (χ4n) is 2.77. The first-order chi connectivity index (χ1) is 15.8. The van der Waals surface area contributed by atoms with Crippen LogP contribution in [0.3, 0.4) is 0 Å². The van der Waals surface area contributed by atoms with Gasteiger partial charge in [-0.25, -0.2) is 0 Å². The van der Waals surface area contributed by atoms with Crippen LogP contribution in [0.4, 0.5) is 11.4 Å². The molecular weight excluding hydrogens is 558 g/mol. The van der Waals surface area contributed by atoms with E-state index in [0.717, 1.165) is 17.7 Å². The van der Waals surface area contributed by atoms with Gasteiger partial charge in [-0.3, -0.25) is 14.9 Å². The first-order valence-electron chi connectivity index (χ1n) is 9.35. The van der Waals surface area contributed by atoms with Gasteiger partial charge in [0.05, 0.1) is 25.6 Å². The Labute approximate surface area is 205 Å². The van der Waals surface area contributed by atoms with Crippen molar-refractivity contribution in [3.63, 3.8) is 0 Å². The first kappa shape index (κ1) is 24.0. The number of halogens is 2. The average molecular weight is 573 g/mol. The molecule has 8 nitrogen and oxygen atoms in total. The van der Waals surface area contributed by atoms with Gasteiger partial charge in [0.15, 0.2) is 0 Å². The number of nitro groups is 1. The van der Waals surface area contributed by atoms with Crippen LogP contribution in [0.1, 0.15) is 11.1 Å². The number of hydrogen-bond acceptors (Lipinski definition) is 6. The van der Waals surface area contributed by atoms with Crippen molar-refractivity contribution in [2.75, 3.05) is 5.32 Å². The zero-order chi connectivity index (χ0) is 24.0. The highest BCUT2D eigenvalue weighted by Gasteiger charge is 2.16. The van der Waals surface area contributed by atoms with E-state index in [-0.39, 0.29) is 16.9 Å². The Morgan fingerprint density at radius 1 is 1.15 bits per heavy atom. The quantitative estimate of drug-likeness (QED) is 0.118. The summed E-state index contributed by atoms with van der Waals surface area (Å²) < 4.78 is 7.10. The Bertz CT molecular complexity index is 1260. The number of phenolic OH excluding ortho intramolecular Hbond substituents is 1.